The molecule has 0 fully saturated rings. The van der Waals surface area contributed by atoms with Gasteiger partial charge in [-0.1, -0.05) is 29.3 Å². The number of ether oxygens (including phenoxy) is 1. The largest absolute Gasteiger partial charge is 0.463 e. The number of rotatable bonds is 3. The van der Waals surface area contributed by atoms with Gasteiger partial charge >= 0.3 is 5.97 Å². The van der Waals surface area contributed by atoms with E-state index in [1.165, 1.54) is 0 Å². The van der Waals surface area contributed by atoms with Crippen LogP contribution in [0.25, 0.3) is 0 Å². The van der Waals surface area contributed by atoms with E-state index in [9.17, 15) is 9.59 Å². The van der Waals surface area contributed by atoms with Crippen LogP contribution in [0.15, 0.2) is 34.2 Å². The third kappa shape index (κ3) is 4.00. The van der Waals surface area contributed by atoms with Crippen LogP contribution < -0.4 is 5.32 Å². The van der Waals surface area contributed by atoms with Crippen LogP contribution in [0.3, 0.4) is 0 Å². The molecule has 1 aromatic rings. The molecule has 1 aromatic carbocycles. The summed E-state index contributed by atoms with van der Waals surface area (Å²) in [5.41, 5.74) is 0.456. The van der Waals surface area contributed by atoms with Gasteiger partial charge in [0.1, 0.15) is 0 Å². The highest BCUT2D eigenvalue weighted by Gasteiger charge is 2.24. The van der Waals surface area contributed by atoms with Gasteiger partial charge in [0, 0.05) is 6.08 Å². The van der Waals surface area contributed by atoms with Gasteiger partial charge in [-0.05, 0) is 30.8 Å². The first-order chi connectivity index (χ1) is 10.0. The fourth-order valence-corrected chi connectivity index (χ4v) is 2.75. The summed E-state index contributed by atoms with van der Waals surface area (Å²) in [5.74, 6) is -1.10. The first-order valence-corrected chi connectivity index (χ1v) is 7.49. The number of thioether (sulfide) groups is 1. The van der Waals surface area contributed by atoms with Crippen molar-refractivity contribution in [1.82, 2.24) is 0 Å². The normalized spacial score (nSPS) is 16.0. The molecule has 1 heterocycles. The number of nitrogens with one attached hydrogen (secondary N) is 1. The molecule has 21 heavy (non-hydrogen) atoms. The van der Waals surface area contributed by atoms with Gasteiger partial charge < -0.3 is 10.1 Å². The molecule has 2 rings (SSSR count). The first kappa shape index (κ1) is 15.9. The highest BCUT2D eigenvalue weighted by Crippen LogP contribution is 2.33. The van der Waals surface area contributed by atoms with Crippen LogP contribution >= 0.6 is 35.0 Å². The Labute approximate surface area is 135 Å². The molecule has 1 amide bonds. The minimum Gasteiger partial charge on any atom is -0.463 e. The number of amidine groups is 1. The number of halogens is 2. The second-order valence-electron chi connectivity index (χ2n) is 3.81. The van der Waals surface area contributed by atoms with E-state index in [0.717, 1.165) is 17.8 Å². The zero-order chi connectivity index (χ0) is 15.4. The van der Waals surface area contributed by atoms with Gasteiger partial charge in [0.15, 0.2) is 5.17 Å². The van der Waals surface area contributed by atoms with E-state index in [0.29, 0.717) is 20.9 Å². The molecule has 0 atom stereocenters. The summed E-state index contributed by atoms with van der Waals surface area (Å²) in [7, 11) is 0. The van der Waals surface area contributed by atoms with E-state index in [1.807, 2.05) is 0 Å². The third-order valence-corrected chi connectivity index (χ3v) is 3.88. The Hall–Kier alpha value is -1.50. The van der Waals surface area contributed by atoms with Crippen LogP contribution in [-0.2, 0) is 14.3 Å². The molecule has 1 aliphatic heterocycles. The molecule has 0 unspecified atom stereocenters. The Bertz CT molecular complexity index is 639. The van der Waals surface area contributed by atoms with Crippen molar-refractivity contribution in [2.24, 2.45) is 4.99 Å². The van der Waals surface area contributed by atoms with E-state index in [2.05, 4.69) is 10.3 Å². The average Bonchev–Trinajstić information content (AvgIpc) is 2.75. The van der Waals surface area contributed by atoms with E-state index in [-0.39, 0.29) is 11.5 Å². The molecular weight excluding hydrogens is 335 g/mol. The molecule has 0 aliphatic carbocycles. The van der Waals surface area contributed by atoms with E-state index >= 15 is 0 Å². The first-order valence-electron chi connectivity index (χ1n) is 5.91. The lowest BCUT2D eigenvalue weighted by molar-refractivity contribution is -0.137. The molecule has 0 saturated carbocycles. The highest BCUT2D eigenvalue weighted by molar-refractivity contribution is 8.18. The summed E-state index contributed by atoms with van der Waals surface area (Å²) in [6.07, 6.45) is 1.11. The van der Waals surface area contributed by atoms with Gasteiger partial charge in [0.05, 0.1) is 27.2 Å². The molecule has 0 bridgehead atoms. The van der Waals surface area contributed by atoms with Crippen molar-refractivity contribution in [3.8, 4) is 0 Å². The predicted octanol–water partition coefficient (Wildman–Crippen LogP) is 3.48. The SMILES string of the molecule is CCOC(=O)/C=C1\SC(Nc2c(Cl)cccc2Cl)=NC1=O. The zero-order valence-electron chi connectivity index (χ0n) is 10.9. The van der Waals surface area contributed by atoms with E-state index in [4.69, 9.17) is 27.9 Å². The van der Waals surface area contributed by atoms with Crippen LogP contribution in [0.5, 0.6) is 0 Å². The van der Waals surface area contributed by atoms with Gasteiger partial charge in [-0.25, -0.2) is 4.79 Å². The Balaban J connectivity index is 2.13. The number of aliphatic imine (C=N–C) groups is 1. The lowest BCUT2D eigenvalue weighted by atomic mass is 10.3. The number of esters is 1. The molecule has 1 N–H and O–H groups in total. The maximum atomic E-state index is 11.7. The fourth-order valence-electron chi connectivity index (χ4n) is 1.48. The molecular formula is C13H10Cl2N2O3S. The summed E-state index contributed by atoms with van der Waals surface area (Å²) in [4.78, 5) is 27.0. The molecule has 1 aliphatic rings. The Morgan fingerprint density at radius 3 is 2.71 bits per heavy atom. The Kier molecular flexibility index (Phi) is 5.27. The number of para-hydroxylation sites is 1. The molecule has 110 valence electrons. The second kappa shape index (κ2) is 6.98. The van der Waals surface area contributed by atoms with Gasteiger partial charge in [-0.2, -0.15) is 4.99 Å². The van der Waals surface area contributed by atoms with Crippen LogP contribution in [0.4, 0.5) is 5.69 Å². The summed E-state index contributed by atoms with van der Waals surface area (Å²) in [5, 5.41) is 3.98. The van der Waals surface area contributed by atoms with Crippen LogP contribution in [0.2, 0.25) is 10.0 Å². The minimum absolute atomic E-state index is 0.180. The number of amides is 1. The van der Waals surface area contributed by atoms with Gasteiger partial charge in [-0.3, -0.25) is 4.79 Å². The maximum Gasteiger partial charge on any atom is 0.332 e. The summed E-state index contributed by atoms with van der Waals surface area (Å²) in [6.45, 7) is 1.92. The number of hydrogen-bond acceptors (Lipinski definition) is 5. The van der Waals surface area contributed by atoms with Crippen molar-refractivity contribution in [2.75, 3.05) is 11.9 Å². The van der Waals surface area contributed by atoms with Crippen molar-refractivity contribution >= 4 is 57.7 Å². The number of nitrogens with zero attached hydrogens (tertiary/aromatic N) is 1. The summed E-state index contributed by atoms with van der Waals surface area (Å²) >= 11 is 13.1. The van der Waals surface area contributed by atoms with E-state index < -0.39 is 11.9 Å². The number of anilines is 1. The predicted molar refractivity (Wildman–Crippen MR) is 84.8 cm³/mol. The summed E-state index contributed by atoms with van der Waals surface area (Å²) in [6, 6.07) is 5.02. The van der Waals surface area contributed by atoms with Crippen molar-refractivity contribution in [3.63, 3.8) is 0 Å². The maximum absolute atomic E-state index is 11.7. The topological polar surface area (TPSA) is 67.8 Å². The van der Waals surface area contributed by atoms with Gasteiger partial charge in [0.2, 0.25) is 0 Å². The standard InChI is InChI=1S/C13H10Cl2N2O3S/c1-2-20-10(18)6-9-12(19)17-13(21-9)16-11-7(14)4-3-5-8(11)15/h3-6H,2H2,1H3,(H,16,17,19)/b9-6-. The van der Waals surface area contributed by atoms with Crippen molar-refractivity contribution in [3.05, 3.63) is 39.2 Å². The van der Waals surface area contributed by atoms with E-state index in [1.54, 1.807) is 25.1 Å². The number of hydrogen-bond donors (Lipinski definition) is 1. The molecule has 0 aromatic heterocycles. The molecule has 0 saturated heterocycles. The number of benzene rings is 1. The lowest BCUT2D eigenvalue weighted by Gasteiger charge is -2.08. The molecule has 0 spiro atoms. The molecule has 8 heteroatoms. The number of carbonyl (C=O) groups excluding carboxylic acids is 2. The quantitative estimate of drug-likeness (QED) is 0.671. The second-order valence-corrected chi connectivity index (χ2v) is 5.65. The Morgan fingerprint density at radius 1 is 1.43 bits per heavy atom. The smallest absolute Gasteiger partial charge is 0.332 e. The third-order valence-electron chi connectivity index (χ3n) is 2.35. The highest BCUT2D eigenvalue weighted by atomic mass is 35.5. The van der Waals surface area contributed by atoms with Gasteiger partial charge in [0.25, 0.3) is 5.91 Å². The van der Waals surface area contributed by atoms with Crippen LogP contribution in [0, 0.1) is 0 Å². The Morgan fingerprint density at radius 2 is 2.10 bits per heavy atom. The monoisotopic (exact) mass is 344 g/mol. The summed E-state index contributed by atoms with van der Waals surface area (Å²) < 4.78 is 4.75. The van der Waals surface area contributed by atoms with Crippen LogP contribution in [0.1, 0.15) is 6.92 Å². The van der Waals surface area contributed by atoms with Crippen molar-refractivity contribution < 1.29 is 14.3 Å². The van der Waals surface area contributed by atoms with Crippen molar-refractivity contribution in [1.29, 1.82) is 0 Å². The lowest BCUT2D eigenvalue weighted by Crippen LogP contribution is -2.06. The van der Waals surface area contributed by atoms with Gasteiger partial charge in [-0.15, -0.1) is 0 Å². The van der Waals surface area contributed by atoms with Crippen molar-refractivity contribution in [2.45, 2.75) is 6.92 Å². The fraction of sp³-hybridized carbons (Fsp3) is 0.154. The number of carbonyl (C=O) groups is 2. The average molecular weight is 345 g/mol. The zero-order valence-corrected chi connectivity index (χ0v) is 13.2. The molecule has 5 nitrogen and oxygen atoms in total. The minimum atomic E-state index is -0.583. The van der Waals surface area contributed by atoms with Crippen LogP contribution in [-0.4, -0.2) is 23.7 Å². The molecule has 0 radical (unpaired) electrons.